The number of carbonyl (C=O) groups is 1. The molecule has 3 aromatic heterocycles. The molecule has 1 amide bonds. The van der Waals surface area contributed by atoms with Crippen LogP contribution in [0.1, 0.15) is 24.0 Å². The van der Waals surface area contributed by atoms with Crippen molar-refractivity contribution in [2.75, 3.05) is 5.32 Å². The molecule has 0 fully saturated rings. The van der Waals surface area contributed by atoms with Crippen molar-refractivity contribution in [1.29, 1.82) is 0 Å². The molecule has 6 nitrogen and oxygen atoms in total. The topological polar surface area (TPSA) is 77.0 Å². The van der Waals surface area contributed by atoms with Crippen molar-refractivity contribution in [2.45, 2.75) is 27.2 Å². The predicted octanol–water partition coefficient (Wildman–Crippen LogP) is 4.10. The molecule has 0 aliphatic carbocycles. The number of ether oxygens (including phenoxy) is 1. The largest absolute Gasteiger partial charge is 0.456 e. The molecule has 0 atom stereocenters. The van der Waals surface area contributed by atoms with Crippen LogP contribution < -0.4 is 10.1 Å². The lowest BCUT2D eigenvalue weighted by atomic mass is 10.3. The van der Waals surface area contributed by atoms with Gasteiger partial charge in [0, 0.05) is 35.4 Å². The lowest BCUT2D eigenvalue weighted by Crippen LogP contribution is -1.98. The maximum Gasteiger partial charge on any atom is 0.212 e. The molecule has 3 rings (SSSR count). The smallest absolute Gasteiger partial charge is 0.212 e. The van der Waals surface area contributed by atoms with Gasteiger partial charge in [0.1, 0.15) is 17.3 Å². The van der Waals surface area contributed by atoms with Crippen LogP contribution in [0.3, 0.4) is 0 Å². The third-order valence-corrected chi connectivity index (χ3v) is 3.30. The molecule has 0 aliphatic rings. The van der Waals surface area contributed by atoms with Crippen LogP contribution in [0, 0.1) is 13.8 Å². The lowest BCUT2D eigenvalue weighted by Gasteiger charge is -2.06. The third-order valence-electron chi connectivity index (χ3n) is 3.30. The molecule has 0 spiro atoms. The minimum atomic E-state index is 0.611. The zero-order valence-corrected chi connectivity index (χ0v) is 15.1. The summed E-state index contributed by atoms with van der Waals surface area (Å²) in [6.45, 7) is 5.92. The predicted molar refractivity (Wildman–Crippen MR) is 101 cm³/mol. The Bertz CT molecular complexity index is 818. The highest BCUT2D eigenvalue weighted by Crippen LogP contribution is 2.21. The second kappa shape index (κ2) is 9.88. The minimum absolute atomic E-state index is 0.611. The van der Waals surface area contributed by atoms with Crippen LogP contribution in [0.25, 0.3) is 0 Å². The number of nitrogens with zero attached hydrogens (tertiary/aromatic N) is 3. The maximum atomic E-state index is 10.0. The number of carbonyl (C=O) groups excluding carboxylic acids is 1. The van der Waals surface area contributed by atoms with Gasteiger partial charge in [-0.3, -0.25) is 14.8 Å². The summed E-state index contributed by atoms with van der Waals surface area (Å²) in [7, 11) is 0. The van der Waals surface area contributed by atoms with Gasteiger partial charge >= 0.3 is 0 Å². The number of amides is 1. The molecule has 0 saturated carbocycles. The fraction of sp³-hybridized carbons (Fsp3) is 0.200. The van der Waals surface area contributed by atoms with Crippen molar-refractivity contribution in [1.82, 2.24) is 15.0 Å². The van der Waals surface area contributed by atoms with Crippen LogP contribution in [-0.4, -0.2) is 21.4 Å². The van der Waals surface area contributed by atoms with Crippen molar-refractivity contribution in [3.8, 4) is 11.5 Å². The molecule has 0 bridgehead atoms. The SMILES string of the molecule is CCc1cccc(NC=O)n1.Cc1cc(Oc2cccnc2)cc(C)n1. The average molecular weight is 350 g/mol. The van der Waals surface area contributed by atoms with Crippen molar-refractivity contribution >= 4 is 12.2 Å². The second-order valence-corrected chi connectivity index (χ2v) is 5.51. The van der Waals surface area contributed by atoms with E-state index in [1.54, 1.807) is 18.5 Å². The molecule has 0 aliphatic heterocycles. The van der Waals surface area contributed by atoms with Crippen LogP contribution in [0.5, 0.6) is 11.5 Å². The summed E-state index contributed by atoms with van der Waals surface area (Å²) in [4.78, 5) is 22.4. The Labute approximate surface area is 153 Å². The quantitative estimate of drug-likeness (QED) is 0.701. The molecule has 6 heteroatoms. The summed E-state index contributed by atoms with van der Waals surface area (Å²) >= 11 is 0. The van der Waals surface area contributed by atoms with Gasteiger partial charge in [-0.1, -0.05) is 13.0 Å². The molecule has 3 heterocycles. The minimum Gasteiger partial charge on any atom is -0.456 e. The van der Waals surface area contributed by atoms with E-state index in [0.29, 0.717) is 12.2 Å². The van der Waals surface area contributed by atoms with Crippen LogP contribution in [-0.2, 0) is 11.2 Å². The Morgan fingerprint density at radius 1 is 1.04 bits per heavy atom. The fourth-order valence-electron chi connectivity index (χ4n) is 2.22. The van der Waals surface area contributed by atoms with E-state index in [1.165, 1.54) is 0 Å². The highest BCUT2D eigenvalue weighted by molar-refractivity contribution is 5.68. The first kappa shape index (κ1) is 19.1. The summed E-state index contributed by atoms with van der Waals surface area (Å²) in [5.74, 6) is 2.15. The molecule has 0 unspecified atom stereocenters. The van der Waals surface area contributed by atoms with Crippen LogP contribution in [0.4, 0.5) is 5.82 Å². The van der Waals surface area contributed by atoms with Gasteiger partial charge in [0.25, 0.3) is 0 Å². The number of hydrogen-bond donors (Lipinski definition) is 1. The first-order chi connectivity index (χ1) is 12.6. The zero-order valence-electron chi connectivity index (χ0n) is 15.1. The Kier molecular flexibility index (Phi) is 7.24. The normalized spacial score (nSPS) is 9.65. The van der Waals surface area contributed by atoms with Gasteiger partial charge < -0.3 is 10.1 Å². The average Bonchev–Trinajstić information content (AvgIpc) is 2.63. The number of anilines is 1. The molecule has 0 saturated heterocycles. The van der Waals surface area contributed by atoms with Crippen molar-refractivity contribution in [2.24, 2.45) is 0 Å². The third kappa shape index (κ3) is 6.32. The first-order valence-electron chi connectivity index (χ1n) is 8.30. The maximum absolute atomic E-state index is 10.0. The van der Waals surface area contributed by atoms with Crippen molar-refractivity contribution in [3.63, 3.8) is 0 Å². The van der Waals surface area contributed by atoms with Crippen molar-refractivity contribution < 1.29 is 9.53 Å². The Hall–Kier alpha value is -3.28. The summed E-state index contributed by atoms with van der Waals surface area (Å²) in [6, 6.07) is 13.1. The van der Waals surface area contributed by atoms with E-state index < -0.39 is 0 Å². The fourth-order valence-corrected chi connectivity index (χ4v) is 2.22. The van der Waals surface area contributed by atoms with Crippen molar-refractivity contribution in [3.05, 3.63) is 71.9 Å². The van der Waals surface area contributed by atoms with Gasteiger partial charge in [-0.2, -0.15) is 0 Å². The number of rotatable bonds is 5. The summed E-state index contributed by atoms with van der Waals surface area (Å²) in [5, 5.41) is 2.49. The van der Waals surface area contributed by atoms with Gasteiger partial charge in [-0.25, -0.2) is 4.98 Å². The number of hydrogen-bond acceptors (Lipinski definition) is 5. The Balaban J connectivity index is 0.000000197. The monoisotopic (exact) mass is 350 g/mol. The Morgan fingerprint density at radius 2 is 1.81 bits per heavy atom. The number of aromatic nitrogens is 3. The number of pyridine rings is 3. The summed E-state index contributed by atoms with van der Waals surface area (Å²) in [5.41, 5.74) is 2.89. The van der Waals surface area contributed by atoms with Gasteiger partial charge in [0.05, 0.1) is 6.20 Å². The van der Waals surface area contributed by atoms with Crippen LogP contribution in [0.15, 0.2) is 54.9 Å². The van der Waals surface area contributed by atoms with Crippen LogP contribution in [0.2, 0.25) is 0 Å². The molecule has 134 valence electrons. The van der Waals surface area contributed by atoms with E-state index in [0.717, 1.165) is 35.0 Å². The Morgan fingerprint density at radius 3 is 2.42 bits per heavy atom. The molecular formula is C20H22N4O2. The van der Waals surface area contributed by atoms with E-state index in [4.69, 9.17) is 4.74 Å². The number of nitrogens with one attached hydrogen (secondary N) is 1. The molecule has 0 radical (unpaired) electrons. The van der Waals surface area contributed by atoms with E-state index >= 15 is 0 Å². The van der Waals surface area contributed by atoms with E-state index in [9.17, 15) is 4.79 Å². The highest BCUT2D eigenvalue weighted by atomic mass is 16.5. The van der Waals surface area contributed by atoms with E-state index in [1.807, 2.05) is 57.2 Å². The molecule has 1 N–H and O–H groups in total. The van der Waals surface area contributed by atoms with Gasteiger partial charge in [0.15, 0.2) is 0 Å². The first-order valence-corrected chi connectivity index (χ1v) is 8.30. The lowest BCUT2D eigenvalue weighted by molar-refractivity contribution is -0.105. The van der Waals surface area contributed by atoms with Gasteiger partial charge in [-0.15, -0.1) is 0 Å². The summed E-state index contributed by atoms with van der Waals surface area (Å²) in [6.07, 6.45) is 4.91. The van der Waals surface area contributed by atoms with Gasteiger partial charge in [0.2, 0.25) is 6.41 Å². The standard InChI is InChI=1S/C12H12N2O.C8H10N2O/c1-9-6-12(7-10(2)14-9)15-11-4-3-5-13-8-11;1-2-7-4-3-5-8(10-7)9-6-11/h3-8H,1-2H3;3-6H,2H2,1H3,(H,9,10,11). The van der Waals surface area contributed by atoms with E-state index in [2.05, 4.69) is 20.3 Å². The second-order valence-electron chi connectivity index (χ2n) is 5.51. The molecular weight excluding hydrogens is 328 g/mol. The van der Waals surface area contributed by atoms with E-state index in [-0.39, 0.29) is 0 Å². The molecule has 3 aromatic rings. The van der Waals surface area contributed by atoms with Crippen LogP contribution >= 0.6 is 0 Å². The molecule has 26 heavy (non-hydrogen) atoms. The van der Waals surface area contributed by atoms with Gasteiger partial charge in [-0.05, 0) is 44.5 Å². The highest BCUT2D eigenvalue weighted by Gasteiger charge is 1.99. The summed E-state index contributed by atoms with van der Waals surface area (Å²) < 4.78 is 5.64. The molecule has 0 aromatic carbocycles. The number of aryl methyl sites for hydroxylation is 3. The zero-order chi connectivity index (χ0) is 18.8.